The van der Waals surface area contributed by atoms with E-state index in [9.17, 15) is 33.2 Å². The number of benzene rings is 1. The number of aliphatic imine (C=N–C) groups is 1. The molecule has 23 atom stereocenters. The highest BCUT2D eigenvalue weighted by Crippen LogP contribution is 2.63. The topological polar surface area (TPSA) is 262 Å². The molecule has 24 heteroatoms. The third-order valence-electron chi connectivity index (χ3n) is 22.2. The van der Waals surface area contributed by atoms with E-state index in [1.165, 1.54) is 30.5 Å². The summed E-state index contributed by atoms with van der Waals surface area (Å²) in [5.41, 5.74) is -3.84. The number of nitrogens with zero attached hydrogens (tertiary/aromatic N) is 1. The molecule has 1 aromatic rings. The molecule has 0 radical (unpaired) electrons. The lowest BCUT2D eigenvalue weighted by atomic mass is 9.58. The zero-order valence-corrected chi connectivity index (χ0v) is 53.0. The van der Waals surface area contributed by atoms with Crippen LogP contribution in [-0.2, 0) is 105 Å². The first-order chi connectivity index (χ1) is 43.0. The van der Waals surface area contributed by atoms with E-state index < -0.39 is 160 Å². The van der Waals surface area contributed by atoms with Crippen molar-refractivity contribution in [3.63, 3.8) is 0 Å². The zero-order chi connectivity index (χ0) is 63.5. The molecule has 0 aromatic heterocycles. The second-order valence-electron chi connectivity index (χ2n) is 28.3. The average molecular weight is 1270 g/mol. The molecule has 10 heterocycles. The molecule has 2 unspecified atom stereocenters. The Kier molecular flexibility index (Phi) is 19.0. The molecule has 2 spiro atoms. The first kappa shape index (κ1) is 65.3. The Hall–Kier alpha value is -4.76. The standard InChI is InChI=1S/C66H90FNO22/c1-35-12-20-47-39(5)57(82-60-65(47)45(35)28-30-62(7,85-60)87-89-65)79-51(71)24-22-49(69)75-33-64(68-32-41-15-18-43(67)19-16-41,84-54(74)27-26-53(73)78-56-38(4)44-11-9-10-42-17-14-37(3)77-59(81-56)55(42)44)34-76-50(70)23-25-52(72)80-58-40(6)48-21-13-36(2)46-29-31-63(8)86-61(83-58)66(46,48)90-88-63/h15-16,18-19,32,35-40,42,44-48,55-61H,9-14,17,20-31,33-34H2,1-8H3/b68-32+/t35-,36-,37+,38-,39-,40-,42?,44+,45+,46+,47+,48+,55?,56-,57-,58-,59+,60-,61-,62-,63-,65-,66-/m1/s1. The minimum atomic E-state index is -2.36. The summed E-state index contributed by atoms with van der Waals surface area (Å²) in [5, 5.41) is 0. The van der Waals surface area contributed by atoms with Crippen LogP contribution in [0.5, 0.6) is 0 Å². The molecule has 14 rings (SSSR count). The number of halogens is 1. The van der Waals surface area contributed by atoms with E-state index in [1.54, 1.807) is 13.8 Å². The van der Waals surface area contributed by atoms with Crippen LogP contribution in [0.2, 0.25) is 0 Å². The van der Waals surface area contributed by atoms with Crippen molar-refractivity contribution in [3.05, 3.63) is 35.6 Å². The van der Waals surface area contributed by atoms with E-state index >= 15 is 0 Å². The van der Waals surface area contributed by atoms with Gasteiger partial charge in [-0.15, -0.1) is 0 Å². The fourth-order valence-electron chi connectivity index (χ4n) is 17.2. The third-order valence-corrected chi connectivity index (χ3v) is 22.2. The van der Waals surface area contributed by atoms with Crippen LogP contribution in [0.15, 0.2) is 29.3 Å². The molecule has 3 saturated carbocycles. The smallest absolute Gasteiger partial charge is 0.308 e. The summed E-state index contributed by atoms with van der Waals surface area (Å²) in [7, 11) is 0. The SMILES string of the molecule is C[C@H]1[C@H](OC(=O)CCC(=O)OC(COC(=O)CCC(=O)O[C@@H]2O[C@@H]3O[C@@]4(C)CC[C@H]5[C@H](C)CC[C@@H]([C@H]2C)[C@@]35OO4)(COC(=O)CCC(=O)O[C@@H]2O[C@@H]3O[C@@]4(C)CC[C@H]5[C@H](C)CC[C@@H]([C@H]2C)[C@@]35OO4)/N=C/c2ccc(F)cc2)O[C@@H]2O[C@@H](C)CCC3CCC[C@@H]1C32. The fourth-order valence-corrected chi connectivity index (χ4v) is 17.2. The number of carbonyl (C=O) groups is 6. The monoisotopic (exact) mass is 1270 g/mol. The van der Waals surface area contributed by atoms with Gasteiger partial charge in [-0.05, 0) is 138 Å². The summed E-state index contributed by atoms with van der Waals surface area (Å²) in [6, 6.07) is 5.11. The van der Waals surface area contributed by atoms with E-state index in [0.717, 1.165) is 70.6 Å². The molecule has 10 aliphatic heterocycles. The highest BCUT2D eigenvalue weighted by molar-refractivity contribution is 5.82. The maximum absolute atomic E-state index is 14.2. The Bertz CT molecular complexity index is 2730. The van der Waals surface area contributed by atoms with Gasteiger partial charge < -0.3 is 56.8 Å². The quantitative estimate of drug-likeness (QED) is 0.0540. The van der Waals surface area contributed by atoms with Gasteiger partial charge in [0, 0.05) is 54.6 Å². The first-order valence-corrected chi connectivity index (χ1v) is 33.1. The van der Waals surface area contributed by atoms with Crippen molar-refractivity contribution in [1.29, 1.82) is 0 Å². The minimum Gasteiger partial charge on any atom is -0.459 e. The number of fused-ring (bicyclic) bond motifs is 4. The van der Waals surface area contributed by atoms with Crippen molar-refractivity contribution in [2.45, 2.75) is 250 Å². The molecule has 0 amide bonds. The second kappa shape index (κ2) is 26.2. The summed E-state index contributed by atoms with van der Waals surface area (Å²) in [6.07, 6.45) is 4.10. The van der Waals surface area contributed by atoms with Crippen molar-refractivity contribution in [2.24, 2.45) is 76.0 Å². The zero-order valence-electron chi connectivity index (χ0n) is 53.0. The predicted molar refractivity (Wildman–Crippen MR) is 306 cm³/mol. The van der Waals surface area contributed by atoms with Gasteiger partial charge in [-0.25, -0.2) is 28.9 Å². The van der Waals surface area contributed by atoms with Gasteiger partial charge in [0.05, 0.1) is 44.6 Å². The molecule has 90 heavy (non-hydrogen) atoms. The average Bonchev–Trinajstić information content (AvgIpc) is 1.34. The van der Waals surface area contributed by atoms with E-state index in [-0.39, 0.29) is 59.4 Å². The number of rotatable bonds is 19. The van der Waals surface area contributed by atoms with Crippen LogP contribution in [-0.4, -0.2) is 128 Å². The van der Waals surface area contributed by atoms with Crippen LogP contribution in [0.1, 0.15) is 183 Å². The maximum Gasteiger partial charge on any atom is 0.308 e. The highest BCUT2D eigenvalue weighted by Gasteiger charge is 2.72. The van der Waals surface area contributed by atoms with E-state index in [2.05, 4.69) is 18.8 Å². The van der Waals surface area contributed by atoms with Gasteiger partial charge in [0.25, 0.3) is 5.72 Å². The van der Waals surface area contributed by atoms with Gasteiger partial charge in [0.2, 0.25) is 30.4 Å². The molecule has 23 nitrogen and oxygen atoms in total. The van der Waals surface area contributed by atoms with E-state index in [4.69, 9.17) is 76.4 Å². The van der Waals surface area contributed by atoms with Crippen LogP contribution >= 0.6 is 0 Å². The predicted octanol–water partition coefficient (Wildman–Crippen LogP) is 9.51. The third kappa shape index (κ3) is 13.0. The number of ether oxygens (including phenoxy) is 12. The summed E-state index contributed by atoms with van der Waals surface area (Å²) in [4.78, 5) is 112. The Balaban J connectivity index is 0.714. The Morgan fingerprint density at radius 2 is 1.03 bits per heavy atom. The molecule has 3 aliphatic carbocycles. The van der Waals surface area contributed by atoms with Crippen molar-refractivity contribution in [1.82, 2.24) is 0 Å². The highest BCUT2D eigenvalue weighted by atomic mass is 19.1. The molecule has 10 saturated heterocycles. The molecule has 0 N–H and O–H groups in total. The molecule has 1 aromatic carbocycles. The molecule has 13 aliphatic rings. The largest absolute Gasteiger partial charge is 0.459 e. The number of esters is 6. The normalized spacial score (nSPS) is 42.3. The fraction of sp³-hybridized carbons (Fsp3) is 0.803. The number of carbonyl (C=O) groups excluding carboxylic acids is 6. The van der Waals surface area contributed by atoms with E-state index in [1.807, 2.05) is 27.7 Å². The van der Waals surface area contributed by atoms with Gasteiger partial charge >= 0.3 is 35.8 Å². The van der Waals surface area contributed by atoms with Crippen molar-refractivity contribution in [3.8, 4) is 0 Å². The molecule has 4 bridgehead atoms. The lowest BCUT2D eigenvalue weighted by molar-refractivity contribution is -0.576. The maximum atomic E-state index is 14.2. The lowest BCUT2D eigenvalue weighted by Gasteiger charge is -2.59. The van der Waals surface area contributed by atoms with Gasteiger partial charge in [-0.1, -0.05) is 53.2 Å². The van der Waals surface area contributed by atoms with E-state index in [0.29, 0.717) is 36.2 Å². The molecule has 13 fully saturated rings. The van der Waals surface area contributed by atoms with Crippen molar-refractivity contribution >= 4 is 42.0 Å². The minimum absolute atomic E-state index is 0.0321. The summed E-state index contributed by atoms with van der Waals surface area (Å²) < 4.78 is 87.8. The first-order valence-electron chi connectivity index (χ1n) is 33.1. The second-order valence-corrected chi connectivity index (χ2v) is 28.3. The van der Waals surface area contributed by atoms with Crippen LogP contribution in [0.4, 0.5) is 4.39 Å². The van der Waals surface area contributed by atoms with Crippen LogP contribution in [0.3, 0.4) is 0 Å². The Labute approximate surface area is 524 Å². The Morgan fingerprint density at radius 3 is 1.56 bits per heavy atom. The van der Waals surface area contributed by atoms with Gasteiger partial charge in [0.1, 0.15) is 5.82 Å². The number of hydrogen-bond acceptors (Lipinski definition) is 23. The number of hydrogen-bond donors (Lipinski definition) is 0. The summed E-state index contributed by atoms with van der Waals surface area (Å²) in [5.74, 6) is -7.36. The van der Waals surface area contributed by atoms with Gasteiger partial charge in [0.15, 0.2) is 43.3 Å². The van der Waals surface area contributed by atoms with Crippen LogP contribution in [0, 0.1) is 76.8 Å². The van der Waals surface area contributed by atoms with Crippen molar-refractivity contribution < 1.29 is 110 Å². The lowest BCUT2D eigenvalue weighted by Crippen LogP contribution is -2.70. The van der Waals surface area contributed by atoms with Gasteiger partial charge in [-0.2, -0.15) is 0 Å². The van der Waals surface area contributed by atoms with Crippen LogP contribution in [0.25, 0.3) is 0 Å². The van der Waals surface area contributed by atoms with Crippen LogP contribution < -0.4 is 0 Å². The summed E-state index contributed by atoms with van der Waals surface area (Å²) >= 11 is 0. The summed E-state index contributed by atoms with van der Waals surface area (Å²) in [6.45, 7) is 14.1. The molecule has 498 valence electrons. The van der Waals surface area contributed by atoms with Gasteiger partial charge in [-0.3, -0.25) is 28.8 Å². The Morgan fingerprint density at radius 1 is 0.544 bits per heavy atom. The molecular formula is C66H90FNO22. The van der Waals surface area contributed by atoms with Crippen molar-refractivity contribution in [2.75, 3.05) is 13.2 Å². The molecular weight excluding hydrogens is 1180 g/mol.